The third-order valence-corrected chi connectivity index (χ3v) is 5.77. The average Bonchev–Trinajstić information content (AvgIpc) is 2.78. The van der Waals surface area contributed by atoms with E-state index in [1.165, 1.54) is 31.4 Å². The second kappa shape index (κ2) is 8.61. The van der Waals surface area contributed by atoms with Crippen molar-refractivity contribution in [1.29, 1.82) is 0 Å². The van der Waals surface area contributed by atoms with Crippen molar-refractivity contribution in [2.45, 2.75) is 31.6 Å². The largest absolute Gasteiger partial charge is 0.497 e. The van der Waals surface area contributed by atoms with Gasteiger partial charge in [0.05, 0.1) is 18.2 Å². The predicted molar refractivity (Wildman–Crippen MR) is 115 cm³/mol. The Kier molecular flexibility index (Phi) is 5.99. The highest BCUT2D eigenvalue weighted by molar-refractivity contribution is 5.99. The topological polar surface area (TPSA) is 9.23 Å². The molecule has 1 aliphatic carbocycles. The molecule has 7 heteroatoms. The Morgan fingerprint density at radius 3 is 1.82 bits per heavy atom. The fourth-order valence-corrected chi connectivity index (χ4v) is 4.27. The molecular formula is C26H20F6O. The fourth-order valence-electron chi connectivity index (χ4n) is 4.27. The first-order valence-electron chi connectivity index (χ1n) is 10.3. The van der Waals surface area contributed by atoms with Gasteiger partial charge in [-0.1, -0.05) is 30.3 Å². The molecule has 1 nitrogen and oxygen atoms in total. The summed E-state index contributed by atoms with van der Waals surface area (Å²) in [6.45, 7) is 0. The Morgan fingerprint density at radius 1 is 0.727 bits per heavy atom. The maximum atomic E-state index is 13.4. The van der Waals surface area contributed by atoms with Crippen molar-refractivity contribution < 1.29 is 31.1 Å². The van der Waals surface area contributed by atoms with E-state index in [0.29, 0.717) is 17.7 Å². The highest BCUT2D eigenvalue weighted by atomic mass is 19.4. The summed E-state index contributed by atoms with van der Waals surface area (Å²) < 4.78 is 85.9. The lowest BCUT2D eigenvalue weighted by molar-refractivity contribution is -0.138. The summed E-state index contributed by atoms with van der Waals surface area (Å²) >= 11 is 0. The summed E-state index contributed by atoms with van der Waals surface area (Å²) in [5, 5.41) is 0. The number of rotatable bonds is 3. The number of methoxy groups -OCH3 is 1. The quantitative estimate of drug-likeness (QED) is 0.358. The van der Waals surface area contributed by atoms with Crippen LogP contribution in [-0.2, 0) is 18.8 Å². The van der Waals surface area contributed by atoms with Gasteiger partial charge in [-0.25, -0.2) is 0 Å². The summed E-state index contributed by atoms with van der Waals surface area (Å²) in [6.07, 6.45) is -7.15. The van der Waals surface area contributed by atoms with Crippen molar-refractivity contribution in [2.24, 2.45) is 0 Å². The van der Waals surface area contributed by atoms with E-state index in [-0.39, 0.29) is 11.1 Å². The summed E-state index contributed by atoms with van der Waals surface area (Å²) in [7, 11) is 1.54. The molecule has 33 heavy (non-hydrogen) atoms. The number of alkyl halides is 6. The van der Waals surface area contributed by atoms with Gasteiger partial charge in [-0.15, -0.1) is 0 Å². The Balaban J connectivity index is 2.01. The van der Waals surface area contributed by atoms with Gasteiger partial charge in [0, 0.05) is 0 Å². The van der Waals surface area contributed by atoms with Crippen molar-refractivity contribution in [3.63, 3.8) is 0 Å². The Hall–Kier alpha value is -3.22. The van der Waals surface area contributed by atoms with E-state index < -0.39 is 23.5 Å². The molecule has 0 saturated carbocycles. The monoisotopic (exact) mass is 462 g/mol. The minimum Gasteiger partial charge on any atom is -0.497 e. The summed E-state index contributed by atoms with van der Waals surface area (Å²) in [5.74, 6) is 0.648. The molecule has 0 radical (unpaired) electrons. The number of fused-ring (bicyclic) bond motifs is 1. The molecular weight excluding hydrogens is 442 g/mol. The van der Waals surface area contributed by atoms with Gasteiger partial charge in [0.2, 0.25) is 0 Å². The van der Waals surface area contributed by atoms with E-state index in [1.807, 2.05) is 12.1 Å². The number of allylic oxidation sites excluding steroid dienone is 1. The van der Waals surface area contributed by atoms with Crippen LogP contribution in [0.25, 0.3) is 11.1 Å². The molecule has 0 aromatic heterocycles. The van der Waals surface area contributed by atoms with Gasteiger partial charge in [0.25, 0.3) is 0 Å². The van der Waals surface area contributed by atoms with E-state index in [4.69, 9.17) is 4.74 Å². The lowest BCUT2D eigenvalue weighted by atomic mass is 9.80. The van der Waals surface area contributed by atoms with E-state index in [2.05, 4.69) is 0 Å². The Morgan fingerprint density at radius 2 is 1.30 bits per heavy atom. The molecule has 3 aromatic carbocycles. The second-order valence-electron chi connectivity index (χ2n) is 7.89. The standard InChI is InChI=1S/C26H20F6O/c1-33-21-11-12-22-16(15-21)5-4-10-23(22)24(17-6-2-8-19(13-17)25(27,28)29)18-7-3-9-20(14-18)26(30,31)32/h2-3,6-9,11-15H,4-5,10H2,1H3. The van der Waals surface area contributed by atoms with Crippen LogP contribution >= 0.6 is 0 Å². The number of hydrogen-bond acceptors (Lipinski definition) is 1. The third-order valence-electron chi connectivity index (χ3n) is 5.77. The van der Waals surface area contributed by atoms with Crippen LogP contribution in [0.4, 0.5) is 26.3 Å². The van der Waals surface area contributed by atoms with Gasteiger partial charge < -0.3 is 4.74 Å². The van der Waals surface area contributed by atoms with Crippen molar-refractivity contribution in [2.75, 3.05) is 7.11 Å². The first kappa shape index (κ1) is 23.0. The first-order chi connectivity index (χ1) is 15.6. The first-order valence-corrected chi connectivity index (χ1v) is 10.3. The molecule has 1 aliphatic rings. The van der Waals surface area contributed by atoms with Crippen molar-refractivity contribution >= 4 is 11.1 Å². The lowest BCUT2D eigenvalue weighted by Crippen LogP contribution is -2.09. The molecule has 0 atom stereocenters. The zero-order valence-corrected chi connectivity index (χ0v) is 17.6. The highest BCUT2D eigenvalue weighted by Crippen LogP contribution is 2.43. The molecule has 0 amide bonds. The predicted octanol–water partition coefficient (Wildman–Crippen LogP) is 8.03. The van der Waals surface area contributed by atoms with Crippen LogP contribution in [0, 0.1) is 0 Å². The zero-order chi connectivity index (χ0) is 23.8. The van der Waals surface area contributed by atoms with Crippen LogP contribution in [0.3, 0.4) is 0 Å². The van der Waals surface area contributed by atoms with Crippen LogP contribution in [0.1, 0.15) is 46.2 Å². The normalized spacial score (nSPS) is 14.1. The Bertz CT molecular complexity index is 1140. The molecule has 0 fully saturated rings. The van der Waals surface area contributed by atoms with Crippen LogP contribution in [0.2, 0.25) is 0 Å². The maximum absolute atomic E-state index is 13.4. The van der Waals surface area contributed by atoms with Crippen LogP contribution < -0.4 is 4.74 Å². The minimum absolute atomic E-state index is 0.225. The van der Waals surface area contributed by atoms with Gasteiger partial charge in [0.1, 0.15) is 5.75 Å². The average molecular weight is 462 g/mol. The number of ether oxygens (including phenoxy) is 1. The number of hydrogen-bond donors (Lipinski definition) is 0. The van der Waals surface area contributed by atoms with Crippen LogP contribution in [0.5, 0.6) is 5.75 Å². The van der Waals surface area contributed by atoms with E-state index in [9.17, 15) is 26.3 Å². The van der Waals surface area contributed by atoms with Gasteiger partial charge >= 0.3 is 12.4 Å². The molecule has 0 N–H and O–H groups in total. The lowest BCUT2D eigenvalue weighted by Gasteiger charge is -2.25. The summed E-state index contributed by atoms with van der Waals surface area (Å²) in [6, 6.07) is 14.9. The highest BCUT2D eigenvalue weighted by Gasteiger charge is 2.33. The van der Waals surface area contributed by atoms with E-state index in [0.717, 1.165) is 53.8 Å². The van der Waals surface area contributed by atoms with Gasteiger partial charge in [-0.3, -0.25) is 0 Å². The maximum Gasteiger partial charge on any atom is 0.416 e. The van der Waals surface area contributed by atoms with Gasteiger partial charge in [0.15, 0.2) is 0 Å². The number of benzene rings is 3. The molecule has 172 valence electrons. The second-order valence-corrected chi connectivity index (χ2v) is 7.89. The molecule has 0 bridgehead atoms. The van der Waals surface area contributed by atoms with Gasteiger partial charge in [-0.05, 0) is 89.1 Å². The molecule has 0 unspecified atom stereocenters. The zero-order valence-electron chi connectivity index (χ0n) is 17.6. The number of halogens is 6. The molecule has 4 rings (SSSR count). The smallest absolute Gasteiger partial charge is 0.416 e. The van der Waals surface area contributed by atoms with Crippen LogP contribution in [0.15, 0.2) is 66.7 Å². The summed E-state index contributed by atoms with van der Waals surface area (Å²) in [4.78, 5) is 0. The minimum atomic E-state index is -4.57. The van der Waals surface area contributed by atoms with Crippen molar-refractivity contribution in [3.05, 3.63) is 100 Å². The SMILES string of the molecule is COc1ccc2c(c1)CCCC2=C(c1cccc(C(F)(F)F)c1)c1cccc(C(F)(F)F)c1. The van der Waals surface area contributed by atoms with Crippen molar-refractivity contribution in [1.82, 2.24) is 0 Å². The van der Waals surface area contributed by atoms with E-state index in [1.54, 1.807) is 6.07 Å². The van der Waals surface area contributed by atoms with Crippen LogP contribution in [-0.4, -0.2) is 7.11 Å². The fraction of sp³-hybridized carbons (Fsp3) is 0.231. The number of aryl methyl sites for hydroxylation is 1. The molecule has 0 aliphatic heterocycles. The van der Waals surface area contributed by atoms with Crippen molar-refractivity contribution in [3.8, 4) is 5.75 Å². The molecule has 0 spiro atoms. The van der Waals surface area contributed by atoms with Gasteiger partial charge in [-0.2, -0.15) is 26.3 Å². The summed E-state index contributed by atoms with van der Waals surface area (Å²) in [5.41, 5.74) is 1.60. The molecule has 0 heterocycles. The van der Waals surface area contributed by atoms with E-state index >= 15 is 0 Å². The third kappa shape index (κ3) is 4.77. The Labute approximate surface area is 187 Å². The molecule has 0 saturated heterocycles. The molecule has 3 aromatic rings.